The molecule has 0 bridgehead atoms. The topological polar surface area (TPSA) is 83.3 Å². The van der Waals surface area contributed by atoms with E-state index in [4.69, 9.17) is 4.52 Å². The van der Waals surface area contributed by atoms with Gasteiger partial charge in [0.25, 0.3) is 0 Å². The Morgan fingerprint density at radius 2 is 2.13 bits per heavy atom. The predicted octanol–water partition coefficient (Wildman–Crippen LogP) is 2.72. The SMILES string of the molecule is CC(c1nc(Cc2ccccc2)no1)N1CCCC(CNC(=O)C2CCCN2)C1.Cl. The van der Waals surface area contributed by atoms with Gasteiger partial charge in [-0.1, -0.05) is 35.5 Å². The second kappa shape index (κ2) is 10.9. The van der Waals surface area contributed by atoms with Crippen molar-refractivity contribution in [2.45, 2.75) is 51.1 Å². The van der Waals surface area contributed by atoms with E-state index in [0.717, 1.165) is 57.7 Å². The molecule has 1 aromatic carbocycles. The summed E-state index contributed by atoms with van der Waals surface area (Å²) in [6, 6.07) is 10.3. The molecule has 2 saturated heterocycles. The third-order valence-corrected chi connectivity index (χ3v) is 6.09. The third-order valence-electron chi connectivity index (χ3n) is 6.09. The maximum atomic E-state index is 12.3. The number of piperidine rings is 1. The Morgan fingerprint density at radius 1 is 1.30 bits per heavy atom. The number of carbonyl (C=O) groups is 1. The fourth-order valence-corrected chi connectivity index (χ4v) is 4.34. The Balaban J connectivity index is 0.00000256. The molecular formula is C22H32ClN5O2. The minimum absolute atomic E-state index is 0. The first-order chi connectivity index (χ1) is 14.2. The standard InChI is InChI=1S/C22H31N5O2.ClH/c1-16(22-25-20(26-29-22)13-17-7-3-2-4-8-17)27-12-6-9-18(15-27)14-24-21(28)19-10-5-11-23-19;/h2-4,7-8,16,18-19,23H,5-6,9-15H2,1H3,(H,24,28);1H. The van der Waals surface area contributed by atoms with Crippen molar-refractivity contribution in [3.05, 3.63) is 47.6 Å². The van der Waals surface area contributed by atoms with Crippen LogP contribution in [0.1, 0.15) is 55.9 Å². The minimum atomic E-state index is -0.00459. The van der Waals surface area contributed by atoms with Gasteiger partial charge in [-0.05, 0) is 57.2 Å². The summed E-state index contributed by atoms with van der Waals surface area (Å²) in [6.45, 7) is 5.78. The van der Waals surface area contributed by atoms with E-state index in [9.17, 15) is 4.79 Å². The van der Waals surface area contributed by atoms with Gasteiger partial charge in [-0.2, -0.15) is 4.98 Å². The van der Waals surface area contributed by atoms with E-state index in [1.54, 1.807) is 0 Å². The number of rotatable bonds is 7. The summed E-state index contributed by atoms with van der Waals surface area (Å²) < 4.78 is 5.57. The second-order valence-electron chi connectivity index (χ2n) is 8.28. The summed E-state index contributed by atoms with van der Waals surface area (Å²) in [5.41, 5.74) is 1.18. The molecule has 164 valence electrons. The monoisotopic (exact) mass is 433 g/mol. The number of carbonyl (C=O) groups excluding carboxylic acids is 1. The molecule has 2 aromatic rings. The van der Waals surface area contributed by atoms with Crippen molar-refractivity contribution < 1.29 is 9.32 Å². The van der Waals surface area contributed by atoms with Crippen molar-refractivity contribution in [1.82, 2.24) is 25.7 Å². The van der Waals surface area contributed by atoms with Crippen molar-refractivity contribution in [3.63, 3.8) is 0 Å². The number of nitrogens with one attached hydrogen (secondary N) is 2. The van der Waals surface area contributed by atoms with E-state index < -0.39 is 0 Å². The second-order valence-corrected chi connectivity index (χ2v) is 8.28. The largest absolute Gasteiger partial charge is 0.354 e. The lowest BCUT2D eigenvalue weighted by molar-refractivity contribution is -0.123. The smallest absolute Gasteiger partial charge is 0.243 e. The number of amides is 1. The summed E-state index contributed by atoms with van der Waals surface area (Å²) >= 11 is 0. The molecule has 7 nitrogen and oxygen atoms in total. The van der Waals surface area contributed by atoms with Crippen LogP contribution in [0.5, 0.6) is 0 Å². The maximum absolute atomic E-state index is 12.3. The van der Waals surface area contributed by atoms with Crippen LogP contribution in [0.3, 0.4) is 0 Å². The number of likely N-dealkylation sites (tertiary alicyclic amines) is 1. The van der Waals surface area contributed by atoms with Crippen molar-refractivity contribution in [2.75, 3.05) is 26.2 Å². The molecule has 0 aliphatic carbocycles. The van der Waals surface area contributed by atoms with Gasteiger partial charge >= 0.3 is 0 Å². The summed E-state index contributed by atoms with van der Waals surface area (Å²) in [4.78, 5) is 19.3. The number of halogens is 1. The van der Waals surface area contributed by atoms with Crippen LogP contribution in [0, 0.1) is 5.92 Å². The molecule has 3 atom stereocenters. The molecule has 4 rings (SSSR count). The molecule has 2 fully saturated rings. The normalized spacial score (nSPS) is 23.0. The van der Waals surface area contributed by atoms with E-state index in [0.29, 0.717) is 18.2 Å². The molecule has 3 unspecified atom stereocenters. The predicted molar refractivity (Wildman–Crippen MR) is 118 cm³/mol. The van der Waals surface area contributed by atoms with Crippen LogP contribution in [0.2, 0.25) is 0 Å². The highest BCUT2D eigenvalue weighted by Gasteiger charge is 2.29. The average molecular weight is 434 g/mol. The lowest BCUT2D eigenvalue weighted by Gasteiger charge is -2.35. The highest BCUT2D eigenvalue weighted by molar-refractivity contribution is 5.85. The first kappa shape index (κ1) is 22.7. The van der Waals surface area contributed by atoms with Crippen molar-refractivity contribution >= 4 is 18.3 Å². The van der Waals surface area contributed by atoms with Gasteiger partial charge in [-0.25, -0.2) is 0 Å². The van der Waals surface area contributed by atoms with Gasteiger partial charge in [0, 0.05) is 19.5 Å². The molecular weight excluding hydrogens is 402 g/mol. The number of nitrogens with zero attached hydrogens (tertiary/aromatic N) is 3. The lowest BCUT2D eigenvalue weighted by Crippen LogP contribution is -2.45. The molecule has 0 radical (unpaired) electrons. The summed E-state index contributed by atoms with van der Waals surface area (Å²) in [5.74, 6) is 2.01. The van der Waals surface area contributed by atoms with Crippen LogP contribution in [0.15, 0.2) is 34.9 Å². The van der Waals surface area contributed by atoms with Gasteiger partial charge < -0.3 is 15.2 Å². The number of aromatic nitrogens is 2. The van der Waals surface area contributed by atoms with Gasteiger partial charge in [-0.15, -0.1) is 12.4 Å². The minimum Gasteiger partial charge on any atom is -0.354 e. The van der Waals surface area contributed by atoms with Crippen molar-refractivity contribution in [3.8, 4) is 0 Å². The molecule has 2 aliphatic rings. The number of hydrogen-bond donors (Lipinski definition) is 2. The quantitative estimate of drug-likeness (QED) is 0.698. The van der Waals surface area contributed by atoms with Gasteiger partial charge in [-0.3, -0.25) is 9.69 Å². The van der Waals surface area contributed by atoms with Gasteiger partial charge in [0.1, 0.15) is 0 Å². The molecule has 3 heterocycles. The molecule has 30 heavy (non-hydrogen) atoms. The first-order valence-corrected chi connectivity index (χ1v) is 10.8. The zero-order valence-electron chi connectivity index (χ0n) is 17.5. The third kappa shape index (κ3) is 5.80. The van der Waals surface area contributed by atoms with Crippen LogP contribution in [-0.2, 0) is 11.2 Å². The zero-order chi connectivity index (χ0) is 20.1. The Bertz CT molecular complexity index is 794. The van der Waals surface area contributed by atoms with Crippen LogP contribution in [0.25, 0.3) is 0 Å². The molecule has 8 heteroatoms. The number of benzene rings is 1. The fraction of sp³-hybridized carbons (Fsp3) is 0.591. The van der Waals surface area contributed by atoms with E-state index in [1.807, 2.05) is 18.2 Å². The zero-order valence-corrected chi connectivity index (χ0v) is 18.4. The van der Waals surface area contributed by atoms with Crippen LogP contribution < -0.4 is 10.6 Å². The van der Waals surface area contributed by atoms with Crippen LogP contribution in [-0.4, -0.2) is 53.2 Å². The van der Waals surface area contributed by atoms with E-state index in [2.05, 4.69) is 44.7 Å². The highest BCUT2D eigenvalue weighted by Crippen LogP contribution is 2.26. The fourth-order valence-electron chi connectivity index (χ4n) is 4.34. The molecule has 0 saturated carbocycles. The molecule has 2 N–H and O–H groups in total. The average Bonchev–Trinajstić information content (AvgIpc) is 3.45. The molecule has 1 aromatic heterocycles. The summed E-state index contributed by atoms with van der Waals surface area (Å²) in [5, 5.41) is 10.6. The van der Waals surface area contributed by atoms with E-state index >= 15 is 0 Å². The Morgan fingerprint density at radius 3 is 2.90 bits per heavy atom. The van der Waals surface area contributed by atoms with Crippen molar-refractivity contribution in [2.24, 2.45) is 5.92 Å². The van der Waals surface area contributed by atoms with Crippen LogP contribution >= 0.6 is 12.4 Å². The van der Waals surface area contributed by atoms with Crippen molar-refractivity contribution in [1.29, 1.82) is 0 Å². The van der Waals surface area contributed by atoms with Gasteiger partial charge in [0.2, 0.25) is 11.8 Å². The first-order valence-electron chi connectivity index (χ1n) is 10.8. The Hall–Kier alpha value is -1.96. The Labute approximate surface area is 184 Å². The highest BCUT2D eigenvalue weighted by atomic mass is 35.5. The van der Waals surface area contributed by atoms with Gasteiger partial charge in [0.05, 0.1) is 12.1 Å². The molecule has 1 amide bonds. The van der Waals surface area contributed by atoms with Crippen LogP contribution in [0.4, 0.5) is 0 Å². The maximum Gasteiger partial charge on any atom is 0.243 e. The lowest BCUT2D eigenvalue weighted by atomic mass is 9.96. The Kier molecular flexibility index (Phi) is 8.24. The summed E-state index contributed by atoms with van der Waals surface area (Å²) in [7, 11) is 0. The number of hydrogen-bond acceptors (Lipinski definition) is 6. The summed E-state index contributed by atoms with van der Waals surface area (Å²) in [6.07, 6.45) is 4.98. The van der Waals surface area contributed by atoms with E-state index in [-0.39, 0.29) is 30.4 Å². The van der Waals surface area contributed by atoms with Gasteiger partial charge in [0.15, 0.2) is 5.82 Å². The molecule has 2 aliphatic heterocycles. The van der Waals surface area contributed by atoms with E-state index in [1.165, 1.54) is 5.56 Å². The molecule has 0 spiro atoms.